The second-order valence-corrected chi connectivity index (χ2v) is 23.4. The first-order valence-electron chi connectivity index (χ1n) is 28.0. The predicted octanol–water partition coefficient (Wildman–Crippen LogP) is 8.43. The number of aromatic nitrogens is 2. The van der Waals surface area contributed by atoms with Crippen molar-refractivity contribution < 1.29 is 48.1 Å². The minimum Gasteiger partial charge on any atom is -0.481 e. The first-order valence-corrected chi connectivity index (χ1v) is 28.8. The van der Waals surface area contributed by atoms with Crippen molar-refractivity contribution in [3.8, 4) is 22.8 Å². The first-order chi connectivity index (χ1) is 39.5. The Morgan fingerprint density at radius 2 is 1.49 bits per heavy atom. The Morgan fingerprint density at radius 3 is 2.16 bits per heavy atom. The number of ether oxygens (including phenoxy) is 3. The number of carboxylic acid groups (broad SMARTS) is 1. The first kappa shape index (κ1) is 65.1. The summed E-state index contributed by atoms with van der Waals surface area (Å²) in [6.45, 7) is 5.82. The number of benzene rings is 4. The molecule has 1 aliphatic rings. The highest BCUT2D eigenvalue weighted by Crippen LogP contribution is 2.32. The Labute approximate surface area is 497 Å². The van der Waals surface area contributed by atoms with E-state index < -0.39 is 65.6 Å². The molecule has 0 spiro atoms. The molecule has 6 atom stereocenters. The molecule has 4 aromatic carbocycles. The number of hydrogen-bond donors (Lipinski definition) is 5. The van der Waals surface area contributed by atoms with Gasteiger partial charge in [0.05, 0.1) is 49.5 Å². The van der Waals surface area contributed by atoms with E-state index in [1.165, 1.54) is 12.0 Å². The van der Waals surface area contributed by atoms with E-state index in [-0.39, 0.29) is 63.6 Å². The van der Waals surface area contributed by atoms with Gasteiger partial charge >= 0.3 is 12.1 Å². The quantitative estimate of drug-likeness (QED) is 0.0317. The highest BCUT2D eigenvalue weighted by atomic mass is 35.5. The van der Waals surface area contributed by atoms with Crippen LogP contribution in [0.25, 0.3) is 11.3 Å². The van der Waals surface area contributed by atoms with Crippen LogP contribution in [-0.2, 0) is 66.4 Å². The Hall–Kier alpha value is -7.03. The summed E-state index contributed by atoms with van der Waals surface area (Å²) in [4.78, 5) is 92.4. The molecule has 19 nitrogen and oxygen atoms in total. The van der Waals surface area contributed by atoms with Crippen molar-refractivity contribution in [3.63, 3.8) is 0 Å². The number of carboxylic acids is 1. The van der Waals surface area contributed by atoms with Gasteiger partial charge < -0.3 is 59.9 Å². The van der Waals surface area contributed by atoms with Crippen LogP contribution in [0, 0.1) is 5.92 Å². The van der Waals surface area contributed by atoms with Crippen LogP contribution < -0.4 is 26.0 Å². The molecular weight excluding hydrogens is 1100 g/mol. The second kappa shape index (κ2) is 31.0. The molecule has 0 saturated heterocycles. The molecule has 1 fully saturated rings. The van der Waals surface area contributed by atoms with Gasteiger partial charge in [0.25, 0.3) is 0 Å². The lowest BCUT2D eigenvalue weighted by atomic mass is 9.87. The van der Waals surface area contributed by atoms with Crippen molar-refractivity contribution in [3.05, 3.63) is 136 Å². The SMILES string of the molecule is COC[C@H](NC(=O)[C@H](CCNC(=O)OC(C)(C)C)NCc1ccc(Cl)cc1Oc1ccc(-c2cnc(CN(C)C)n2C)cc1)C(=O)N(C)[C@H](CC(=O)N[C@H]1CCCC[C@@H]1N(C)C(=O)[C@@H](CC(=O)O)Cc1ccccc1)Cc1ccc(Cl)cc1. The van der Waals surface area contributed by atoms with E-state index in [9.17, 15) is 33.9 Å². The maximum Gasteiger partial charge on any atom is 0.407 e. The van der Waals surface area contributed by atoms with Crippen molar-refractivity contribution in [1.82, 2.24) is 45.5 Å². The normalized spacial score (nSPS) is 15.8. The molecule has 0 aliphatic heterocycles. The van der Waals surface area contributed by atoms with Crippen LogP contribution in [0.1, 0.15) is 88.2 Å². The average Bonchev–Trinajstić information content (AvgIpc) is 3.80. The number of carbonyl (C=O) groups excluding carboxylic acids is 5. The molecule has 1 saturated carbocycles. The van der Waals surface area contributed by atoms with Crippen LogP contribution in [0.3, 0.4) is 0 Å². The number of nitrogens with zero attached hydrogens (tertiary/aromatic N) is 5. The number of alkyl carbamates (subject to hydrolysis) is 1. The van der Waals surface area contributed by atoms with Crippen LogP contribution in [0.4, 0.5) is 4.79 Å². The van der Waals surface area contributed by atoms with Gasteiger partial charge in [-0.05, 0) is 127 Å². The van der Waals surface area contributed by atoms with E-state index in [0.717, 1.165) is 41.1 Å². The van der Waals surface area contributed by atoms with Gasteiger partial charge in [-0.15, -0.1) is 0 Å². The van der Waals surface area contributed by atoms with Crippen LogP contribution in [0.5, 0.6) is 11.5 Å². The third-order valence-electron chi connectivity index (χ3n) is 14.6. The fourth-order valence-corrected chi connectivity index (χ4v) is 10.5. The number of carbonyl (C=O) groups is 6. The summed E-state index contributed by atoms with van der Waals surface area (Å²) in [5.41, 5.74) is 3.44. The molecule has 0 bridgehead atoms. The molecule has 1 heterocycles. The Bertz CT molecular complexity index is 2960. The lowest BCUT2D eigenvalue weighted by molar-refractivity contribution is -0.145. The second-order valence-electron chi connectivity index (χ2n) is 22.5. The van der Waals surface area contributed by atoms with Gasteiger partial charge in [-0.1, -0.05) is 84.6 Å². The van der Waals surface area contributed by atoms with Gasteiger partial charge in [0.1, 0.15) is 29.0 Å². The minimum absolute atomic E-state index is 0.0209. The zero-order valence-corrected chi connectivity index (χ0v) is 50.6. The monoisotopic (exact) mass is 1180 g/mol. The topological polar surface area (TPSA) is 226 Å². The molecule has 5 aromatic rings. The van der Waals surface area contributed by atoms with Crippen molar-refractivity contribution in [2.45, 2.75) is 127 Å². The molecule has 21 heteroatoms. The molecule has 6 rings (SSSR count). The zero-order valence-electron chi connectivity index (χ0n) is 49.1. The number of rotatable bonds is 28. The smallest absolute Gasteiger partial charge is 0.407 e. The predicted molar refractivity (Wildman–Crippen MR) is 320 cm³/mol. The van der Waals surface area contributed by atoms with E-state index in [1.807, 2.05) is 94.1 Å². The van der Waals surface area contributed by atoms with Crippen molar-refractivity contribution in [1.29, 1.82) is 0 Å². The fourth-order valence-electron chi connectivity index (χ4n) is 10.2. The summed E-state index contributed by atoms with van der Waals surface area (Å²) >= 11 is 12.8. The largest absolute Gasteiger partial charge is 0.481 e. The van der Waals surface area contributed by atoms with Crippen molar-refractivity contribution in [2.24, 2.45) is 13.0 Å². The molecule has 448 valence electrons. The molecule has 83 heavy (non-hydrogen) atoms. The lowest BCUT2D eigenvalue weighted by Crippen LogP contribution is -2.57. The van der Waals surface area contributed by atoms with Crippen LogP contribution >= 0.6 is 23.2 Å². The van der Waals surface area contributed by atoms with Crippen molar-refractivity contribution in [2.75, 3.05) is 48.5 Å². The molecule has 5 N–H and O–H groups in total. The van der Waals surface area contributed by atoms with E-state index >= 15 is 0 Å². The maximum atomic E-state index is 14.8. The van der Waals surface area contributed by atoms with Gasteiger partial charge in [0, 0.05) is 81.0 Å². The van der Waals surface area contributed by atoms with Crippen LogP contribution in [-0.4, -0.2) is 149 Å². The minimum atomic E-state index is -1.23. The number of imidazole rings is 1. The summed E-state index contributed by atoms with van der Waals surface area (Å²) in [5, 5.41) is 22.9. The summed E-state index contributed by atoms with van der Waals surface area (Å²) < 4.78 is 19.5. The molecular formula is C62H81Cl2N9O10. The summed E-state index contributed by atoms with van der Waals surface area (Å²) in [6.07, 6.45) is 4.06. The lowest BCUT2D eigenvalue weighted by Gasteiger charge is -2.40. The Balaban J connectivity index is 1.19. The van der Waals surface area contributed by atoms with Crippen LogP contribution in [0.15, 0.2) is 103 Å². The molecule has 1 aromatic heterocycles. The standard InChI is InChI=1S/C62H81Cl2N9O10/c1-62(2,3)83-61(80)65-30-29-50(66-36-43-21-26-46(64)34-54(43)82-48-27-22-42(23-28-48)53-37-67-55(72(53)7)38-70(4)5)58(77)69-51(39-81-9)60(79)71(6)47(32-41-19-24-45(63)25-20-41)35-56(74)68-49-17-13-14-18-52(49)73(8)59(78)44(33-57(75)76)31-40-15-11-10-12-16-40/h10-12,15-16,19-28,34,37,44,47,49-52,66H,13-14,17-18,29-33,35-36,38-39H2,1-9H3,(H,65,80)(H,68,74)(H,69,77)(H,75,76)/t44-,47+,49+,50+,51+,52+/m1/s1. The highest BCUT2D eigenvalue weighted by molar-refractivity contribution is 6.31. The maximum absolute atomic E-state index is 14.8. The number of nitrogens with one attached hydrogen (secondary N) is 4. The Kier molecular flexibility index (Phi) is 24.4. The number of likely N-dealkylation sites (N-methyl/N-ethyl adjacent to an activating group) is 2. The number of hydrogen-bond acceptors (Lipinski definition) is 12. The highest BCUT2D eigenvalue weighted by Gasteiger charge is 2.37. The van der Waals surface area contributed by atoms with E-state index in [0.29, 0.717) is 46.5 Å². The van der Waals surface area contributed by atoms with Gasteiger partial charge in [-0.2, -0.15) is 0 Å². The summed E-state index contributed by atoms with van der Waals surface area (Å²) in [6, 6.07) is 25.4. The van der Waals surface area contributed by atoms with Gasteiger partial charge in [0.2, 0.25) is 23.6 Å². The molecule has 5 amide bonds. The average molecular weight is 1180 g/mol. The third kappa shape index (κ3) is 20.1. The van der Waals surface area contributed by atoms with E-state index in [4.69, 9.17) is 37.4 Å². The van der Waals surface area contributed by atoms with Gasteiger partial charge in [-0.3, -0.25) is 24.0 Å². The number of aliphatic carboxylic acids is 1. The summed E-state index contributed by atoms with van der Waals surface area (Å²) in [7, 11) is 10.6. The molecule has 0 radical (unpaired) electrons. The summed E-state index contributed by atoms with van der Waals surface area (Å²) in [5.74, 6) is -1.75. The van der Waals surface area contributed by atoms with Crippen LogP contribution in [0.2, 0.25) is 10.0 Å². The van der Waals surface area contributed by atoms with E-state index in [2.05, 4.69) is 35.7 Å². The van der Waals surface area contributed by atoms with Gasteiger partial charge in [0.15, 0.2) is 0 Å². The number of amides is 5. The molecule has 0 unspecified atom stereocenters. The third-order valence-corrected chi connectivity index (χ3v) is 15.1. The number of halogens is 2. The Morgan fingerprint density at radius 1 is 0.819 bits per heavy atom. The number of methoxy groups -OCH3 is 1. The van der Waals surface area contributed by atoms with Gasteiger partial charge in [-0.25, -0.2) is 9.78 Å². The van der Waals surface area contributed by atoms with E-state index in [1.54, 1.807) is 70.1 Å². The van der Waals surface area contributed by atoms with Crippen molar-refractivity contribution >= 4 is 58.9 Å². The zero-order chi connectivity index (χ0) is 60.4. The molecule has 1 aliphatic carbocycles. The fraction of sp³-hybridized carbons (Fsp3) is 0.468.